The Hall–Kier alpha value is -2.48. The number of carboxylic acids is 1. The van der Waals surface area contributed by atoms with Crippen molar-refractivity contribution in [3.8, 4) is 0 Å². The summed E-state index contributed by atoms with van der Waals surface area (Å²) >= 11 is 0. The molecule has 2 N–H and O–H groups in total. The minimum atomic E-state index is -0.856. The molecule has 0 bridgehead atoms. The summed E-state index contributed by atoms with van der Waals surface area (Å²) < 4.78 is 0. The predicted molar refractivity (Wildman–Crippen MR) is 82.3 cm³/mol. The molecule has 1 aliphatic carbocycles. The van der Waals surface area contributed by atoms with Crippen molar-refractivity contribution in [3.63, 3.8) is 0 Å². The monoisotopic (exact) mass is 321 g/mol. The largest absolute Gasteiger partial charge is 0.480 e. The second kappa shape index (κ2) is 7.19. The summed E-state index contributed by atoms with van der Waals surface area (Å²) in [5.41, 5.74) is 0.314. The summed E-state index contributed by atoms with van der Waals surface area (Å²) in [5.74, 6) is -1.13. The Kier molecular flexibility index (Phi) is 5.28. The van der Waals surface area contributed by atoms with E-state index in [2.05, 4.69) is 5.32 Å². The number of rotatable bonds is 7. The molecule has 1 aromatic rings. The summed E-state index contributed by atoms with van der Waals surface area (Å²) in [4.78, 5) is 34.8. The van der Waals surface area contributed by atoms with Crippen LogP contribution in [-0.2, 0) is 4.79 Å². The standard InChI is InChI=1S/C15H19N3O5/c1-2-17(9-14(19)20)13-7-11(8-13)16-15(21)10-3-5-12(6-4-10)18(22)23/h3-6,11,13H,2,7-9H2,1H3,(H,16,21)(H,19,20). The van der Waals surface area contributed by atoms with Crippen LogP contribution in [0, 0.1) is 10.1 Å². The molecule has 0 heterocycles. The summed E-state index contributed by atoms with van der Waals surface area (Å²) in [6.07, 6.45) is 1.42. The number of nitro benzene ring substituents is 1. The lowest BCUT2D eigenvalue weighted by molar-refractivity contribution is -0.384. The molecule has 23 heavy (non-hydrogen) atoms. The zero-order chi connectivity index (χ0) is 17.0. The van der Waals surface area contributed by atoms with Crippen molar-refractivity contribution in [2.75, 3.05) is 13.1 Å². The van der Waals surface area contributed by atoms with Gasteiger partial charge in [0.1, 0.15) is 0 Å². The molecule has 0 atom stereocenters. The first-order valence-electron chi connectivity index (χ1n) is 7.41. The van der Waals surface area contributed by atoms with E-state index in [4.69, 9.17) is 5.11 Å². The van der Waals surface area contributed by atoms with Crippen LogP contribution in [0.5, 0.6) is 0 Å². The van der Waals surface area contributed by atoms with Crippen molar-refractivity contribution in [2.45, 2.75) is 31.8 Å². The van der Waals surface area contributed by atoms with E-state index >= 15 is 0 Å². The minimum Gasteiger partial charge on any atom is -0.480 e. The van der Waals surface area contributed by atoms with E-state index in [1.54, 1.807) is 0 Å². The molecule has 8 heteroatoms. The minimum absolute atomic E-state index is 0.00415. The lowest BCUT2D eigenvalue weighted by atomic mass is 9.85. The fourth-order valence-electron chi connectivity index (χ4n) is 2.68. The molecule has 0 unspecified atom stereocenters. The van der Waals surface area contributed by atoms with Crippen LogP contribution in [0.15, 0.2) is 24.3 Å². The van der Waals surface area contributed by atoms with E-state index < -0.39 is 10.9 Å². The molecule has 0 aromatic heterocycles. The third-order valence-corrected chi connectivity index (χ3v) is 4.05. The summed E-state index contributed by atoms with van der Waals surface area (Å²) in [6, 6.07) is 5.61. The number of hydrogen-bond acceptors (Lipinski definition) is 5. The van der Waals surface area contributed by atoms with Gasteiger partial charge in [0.25, 0.3) is 11.6 Å². The van der Waals surface area contributed by atoms with Gasteiger partial charge in [-0.15, -0.1) is 0 Å². The molecule has 1 amide bonds. The summed E-state index contributed by atoms with van der Waals surface area (Å²) in [5, 5.41) is 22.3. The first kappa shape index (κ1) is 16.9. The van der Waals surface area contributed by atoms with Crippen LogP contribution in [0.2, 0.25) is 0 Å². The molecule has 1 aromatic carbocycles. The Balaban J connectivity index is 1.84. The van der Waals surface area contributed by atoms with E-state index in [1.807, 2.05) is 11.8 Å². The zero-order valence-electron chi connectivity index (χ0n) is 12.8. The van der Waals surface area contributed by atoms with Crippen molar-refractivity contribution in [3.05, 3.63) is 39.9 Å². The van der Waals surface area contributed by atoms with Crippen molar-refractivity contribution >= 4 is 17.6 Å². The van der Waals surface area contributed by atoms with Gasteiger partial charge in [-0.3, -0.25) is 24.6 Å². The number of likely N-dealkylation sites (N-methyl/N-ethyl adjacent to an activating group) is 1. The van der Waals surface area contributed by atoms with Gasteiger partial charge >= 0.3 is 5.97 Å². The average molecular weight is 321 g/mol. The molecule has 0 aliphatic heterocycles. The topological polar surface area (TPSA) is 113 Å². The highest BCUT2D eigenvalue weighted by Crippen LogP contribution is 2.26. The van der Waals surface area contributed by atoms with Gasteiger partial charge in [-0.05, 0) is 31.5 Å². The summed E-state index contributed by atoms with van der Waals surface area (Å²) in [6.45, 7) is 2.57. The van der Waals surface area contributed by atoms with Crippen LogP contribution in [0.25, 0.3) is 0 Å². The van der Waals surface area contributed by atoms with Crippen LogP contribution in [-0.4, -0.2) is 52.0 Å². The van der Waals surface area contributed by atoms with Crippen LogP contribution < -0.4 is 5.32 Å². The maximum atomic E-state index is 12.1. The van der Waals surface area contributed by atoms with Crippen molar-refractivity contribution in [1.29, 1.82) is 0 Å². The molecule has 0 saturated heterocycles. The quantitative estimate of drug-likeness (QED) is 0.577. The number of aliphatic carboxylic acids is 1. The van der Waals surface area contributed by atoms with Gasteiger partial charge in [-0.1, -0.05) is 6.92 Å². The SMILES string of the molecule is CCN(CC(=O)O)C1CC(NC(=O)c2ccc([N+](=O)[O-])cc2)C1. The number of nitrogens with one attached hydrogen (secondary N) is 1. The Morgan fingerprint density at radius 3 is 2.43 bits per heavy atom. The number of carbonyl (C=O) groups excluding carboxylic acids is 1. The fraction of sp³-hybridized carbons (Fsp3) is 0.467. The first-order valence-corrected chi connectivity index (χ1v) is 7.41. The van der Waals surface area contributed by atoms with E-state index in [0.29, 0.717) is 24.9 Å². The highest BCUT2D eigenvalue weighted by molar-refractivity contribution is 5.94. The molecule has 0 radical (unpaired) electrons. The number of amides is 1. The number of hydrogen-bond donors (Lipinski definition) is 2. The van der Waals surface area contributed by atoms with E-state index in [1.165, 1.54) is 24.3 Å². The third kappa shape index (κ3) is 4.26. The van der Waals surface area contributed by atoms with Crippen LogP contribution in [0.4, 0.5) is 5.69 Å². The van der Waals surface area contributed by atoms with Crippen LogP contribution in [0.3, 0.4) is 0 Å². The molecule has 1 fully saturated rings. The molecule has 1 aliphatic rings. The Bertz CT molecular complexity index is 596. The molecule has 2 rings (SSSR count). The summed E-state index contributed by atoms with van der Waals surface area (Å²) in [7, 11) is 0. The van der Waals surface area contributed by atoms with Gasteiger partial charge in [0.2, 0.25) is 0 Å². The van der Waals surface area contributed by atoms with Gasteiger partial charge < -0.3 is 10.4 Å². The number of carboxylic acid groups (broad SMARTS) is 1. The highest BCUT2D eigenvalue weighted by Gasteiger charge is 2.34. The smallest absolute Gasteiger partial charge is 0.317 e. The van der Waals surface area contributed by atoms with Gasteiger partial charge in [0.05, 0.1) is 11.5 Å². The second-order valence-corrected chi connectivity index (χ2v) is 5.56. The fourth-order valence-corrected chi connectivity index (χ4v) is 2.68. The molecule has 8 nitrogen and oxygen atoms in total. The second-order valence-electron chi connectivity index (χ2n) is 5.56. The molecular formula is C15H19N3O5. The molecular weight excluding hydrogens is 302 g/mol. The lowest BCUT2D eigenvalue weighted by Crippen LogP contribution is -2.54. The van der Waals surface area contributed by atoms with E-state index in [0.717, 1.165) is 0 Å². The maximum Gasteiger partial charge on any atom is 0.317 e. The predicted octanol–water partition coefficient (Wildman–Crippen LogP) is 1.26. The maximum absolute atomic E-state index is 12.1. The van der Waals surface area contributed by atoms with Crippen molar-refractivity contribution in [1.82, 2.24) is 10.2 Å². The first-order chi connectivity index (χ1) is 10.9. The zero-order valence-corrected chi connectivity index (χ0v) is 12.8. The van der Waals surface area contributed by atoms with Gasteiger partial charge in [0.15, 0.2) is 0 Å². The Labute approximate surface area is 133 Å². The van der Waals surface area contributed by atoms with Crippen LogP contribution >= 0.6 is 0 Å². The van der Waals surface area contributed by atoms with E-state index in [9.17, 15) is 19.7 Å². The number of carbonyl (C=O) groups is 2. The molecule has 124 valence electrons. The number of nitro groups is 1. The Morgan fingerprint density at radius 1 is 1.35 bits per heavy atom. The van der Waals surface area contributed by atoms with E-state index in [-0.39, 0.29) is 30.2 Å². The average Bonchev–Trinajstić information content (AvgIpc) is 2.48. The highest BCUT2D eigenvalue weighted by atomic mass is 16.6. The number of non-ortho nitro benzene ring substituents is 1. The van der Waals surface area contributed by atoms with Crippen LogP contribution in [0.1, 0.15) is 30.1 Å². The Morgan fingerprint density at radius 2 is 1.96 bits per heavy atom. The number of benzene rings is 1. The van der Waals surface area contributed by atoms with Crippen molar-refractivity contribution < 1.29 is 19.6 Å². The van der Waals surface area contributed by atoms with Gasteiger partial charge in [0, 0.05) is 29.8 Å². The normalized spacial score (nSPS) is 19.9. The van der Waals surface area contributed by atoms with Crippen molar-refractivity contribution in [2.24, 2.45) is 0 Å². The molecule has 1 saturated carbocycles. The third-order valence-electron chi connectivity index (χ3n) is 4.05. The number of nitrogens with zero attached hydrogens (tertiary/aromatic N) is 2. The van der Waals surface area contributed by atoms with Gasteiger partial charge in [-0.2, -0.15) is 0 Å². The lowest BCUT2D eigenvalue weighted by Gasteiger charge is -2.42. The molecule has 0 spiro atoms. The van der Waals surface area contributed by atoms with Gasteiger partial charge in [-0.25, -0.2) is 0 Å².